The summed E-state index contributed by atoms with van der Waals surface area (Å²) in [6, 6.07) is 7.22. The van der Waals surface area contributed by atoms with Crippen LogP contribution in [0.5, 0.6) is 0 Å². The van der Waals surface area contributed by atoms with Crippen molar-refractivity contribution < 1.29 is 14.2 Å². The molecule has 1 amide bonds. The number of H-pyrrole nitrogens is 1. The fourth-order valence-corrected chi connectivity index (χ4v) is 2.34. The number of hydrogen-bond donors (Lipinski definition) is 2. The van der Waals surface area contributed by atoms with Crippen molar-refractivity contribution in [2.45, 2.75) is 13.5 Å². The number of nitrogens with zero attached hydrogens (tertiary/aromatic N) is 5. The zero-order chi connectivity index (χ0) is 18.7. The van der Waals surface area contributed by atoms with E-state index < -0.39 is 10.8 Å². The number of non-ortho nitro benzene ring substituents is 1. The topological polar surface area (TPSA) is 139 Å². The number of nitro groups is 1. The molecule has 2 aromatic heterocycles. The lowest BCUT2D eigenvalue weighted by atomic mass is 10.2. The summed E-state index contributed by atoms with van der Waals surface area (Å²) >= 11 is 0. The maximum atomic E-state index is 12.0. The third-order valence-corrected chi connectivity index (χ3v) is 3.42. The maximum absolute atomic E-state index is 12.0. The number of fused-ring (bicyclic) bond motifs is 1. The lowest BCUT2D eigenvalue weighted by Crippen LogP contribution is -2.33. The molecule has 0 saturated carbocycles. The molecule has 0 unspecified atom stereocenters. The van der Waals surface area contributed by atoms with Crippen molar-refractivity contribution >= 4 is 23.5 Å². The number of carbonyl (C=O) groups excluding carboxylic acids is 1. The first-order chi connectivity index (χ1) is 12.4. The number of hydrazone groups is 1. The minimum absolute atomic E-state index is 0.0742. The third kappa shape index (κ3) is 3.61. The number of nitro benzene ring substituents is 1. The molecule has 26 heavy (non-hydrogen) atoms. The van der Waals surface area contributed by atoms with Gasteiger partial charge in [-0.25, -0.2) is 10.5 Å². The van der Waals surface area contributed by atoms with E-state index in [9.17, 15) is 19.7 Å². The molecule has 0 radical (unpaired) electrons. The van der Waals surface area contributed by atoms with E-state index in [0.717, 1.165) is 0 Å². The second kappa shape index (κ2) is 6.93. The van der Waals surface area contributed by atoms with E-state index in [-0.39, 0.29) is 23.3 Å². The van der Waals surface area contributed by atoms with Crippen molar-refractivity contribution in [3.63, 3.8) is 0 Å². The number of carbonyl (C=O) groups is 1. The summed E-state index contributed by atoms with van der Waals surface area (Å²) in [6.45, 7) is 1.52. The van der Waals surface area contributed by atoms with Crippen molar-refractivity contribution in [3.05, 3.63) is 68.3 Å². The highest BCUT2D eigenvalue weighted by Crippen LogP contribution is 2.11. The molecule has 3 aromatic rings. The standard InChI is InChI=1S/C15H13N7O4/c1-10-5-13(23)15-20(17-9-21(15)19-10)8-14(24)18-16-7-11-3-2-4-12(6-11)22(25)26/h2-7,9H,8H2,1H3,(H-,18,19,23,24)/p+1/b16-7+. The van der Waals surface area contributed by atoms with Crippen LogP contribution in [-0.4, -0.2) is 31.9 Å². The molecule has 11 heteroatoms. The molecule has 0 atom stereocenters. The minimum atomic E-state index is -0.518. The van der Waals surface area contributed by atoms with Gasteiger partial charge in [0.25, 0.3) is 23.4 Å². The van der Waals surface area contributed by atoms with Crippen molar-refractivity contribution in [2.75, 3.05) is 0 Å². The quantitative estimate of drug-likeness (QED) is 0.279. The summed E-state index contributed by atoms with van der Waals surface area (Å²) in [7, 11) is 0. The van der Waals surface area contributed by atoms with Crippen LogP contribution in [-0.2, 0) is 11.3 Å². The molecule has 0 bridgehead atoms. The van der Waals surface area contributed by atoms with Gasteiger partial charge in [-0.15, -0.1) is 4.52 Å². The van der Waals surface area contributed by atoms with Gasteiger partial charge in [-0.05, 0) is 6.92 Å². The molecule has 0 aliphatic heterocycles. The van der Waals surface area contributed by atoms with Gasteiger partial charge in [0.2, 0.25) is 0 Å². The van der Waals surface area contributed by atoms with E-state index >= 15 is 0 Å². The first-order valence-electron chi connectivity index (χ1n) is 7.47. The SMILES string of the molecule is Cc1cc(=O)c2n(CC(=O)N/N=C/c3cccc([N+](=O)[O-])c3)nc[n+]2[nH]1. The highest BCUT2D eigenvalue weighted by atomic mass is 16.6. The Labute approximate surface area is 145 Å². The Bertz CT molecular complexity index is 1080. The molecule has 132 valence electrons. The van der Waals surface area contributed by atoms with Crippen molar-refractivity contribution in [1.82, 2.24) is 20.3 Å². The summed E-state index contributed by atoms with van der Waals surface area (Å²) in [5.41, 5.74) is 3.29. The highest BCUT2D eigenvalue weighted by Gasteiger charge is 2.18. The van der Waals surface area contributed by atoms with Crippen LogP contribution in [0.1, 0.15) is 11.3 Å². The molecule has 0 aliphatic carbocycles. The van der Waals surface area contributed by atoms with E-state index in [1.54, 1.807) is 13.0 Å². The molecule has 0 aliphatic rings. The predicted molar refractivity (Wildman–Crippen MR) is 89.6 cm³/mol. The number of hydrogen-bond acceptors (Lipinski definition) is 6. The maximum Gasteiger partial charge on any atom is 0.331 e. The van der Waals surface area contributed by atoms with Crippen LogP contribution in [0.25, 0.3) is 5.65 Å². The molecule has 0 fully saturated rings. The molecule has 0 saturated heterocycles. The molecule has 0 spiro atoms. The summed E-state index contributed by atoms with van der Waals surface area (Å²) in [6.07, 6.45) is 2.68. The molecule has 11 nitrogen and oxygen atoms in total. The molecule has 1 aromatic carbocycles. The number of nitrogens with one attached hydrogen (secondary N) is 2. The average Bonchev–Trinajstić information content (AvgIpc) is 2.97. The number of aryl methyl sites for hydroxylation is 1. The second-order valence-electron chi connectivity index (χ2n) is 5.43. The Balaban J connectivity index is 1.69. The lowest BCUT2D eigenvalue weighted by Gasteiger charge is -1.97. The van der Waals surface area contributed by atoms with E-state index in [4.69, 9.17) is 0 Å². The van der Waals surface area contributed by atoms with Crippen molar-refractivity contribution in [1.29, 1.82) is 0 Å². The van der Waals surface area contributed by atoms with Crippen LogP contribution < -0.4 is 15.4 Å². The molecular weight excluding hydrogens is 342 g/mol. The zero-order valence-corrected chi connectivity index (χ0v) is 13.6. The average molecular weight is 356 g/mol. The van der Waals surface area contributed by atoms with E-state index in [1.165, 1.54) is 46.0 Å². The summed E-state index contributed by atoms with van der Waals surface area (Å²) in [5, 5.41) is 21.4. The Kier molecular flexibility index (Phi) is 4.51. The minimum Gasteiger partial charge on any atom is -0.282 e. The zero-order valence-electron chi connectivity index (χ0n) is 13.6. The van der Waals surface area contributed by atoms with Crippen LogP contribution in [0, 0.1) is 17.0 Å². The second-order valence-corrected chi connectivity index (χ2v) is 5.43. The van der Waals surface area contributed by atoms with E-state index in [0.29, 0.717) is 11.3 Å². The Hall–Kier alpha value is -3.89. The summed E-state index contributed by atoms with van der Waals surface area (Å²) in [5.74, 6) is -0.503. The Morgan fingerprint density at radius 2 is 2.31 bits per heavy atom. The number of benzene rings is 1. The predicted octanol–water partition coefficient (Wildman–Crippen LogP) is -0.323. The largest absolute Gasteiger partial charge is 0.331 e. The van der Waals surface area contributed by atoms with Crippen LogP contribution in [0.2, 0.25) is 0 Å². The van der Waals surface area contributed by atoms with Gasteiger partial charge in [-0.3, -0.25) is 19.7 Å². The van der Waals surface area contributed by atoms with Crippen LogP contribution in [0.3, 0.4) is 0 Å². The first kappa shape index (κ1) is 17.0. The van der Waals surface area contributed by atoms with Crippen LogP contribution in [0.15, 0.2) is 46.6 Å². The van der Waals surface area contributed by atoms with Gasteiger partial charge in [0.05, 0.1) is 11.1 Å². The summed E-state index contributed by atoms with van der Waals surface area (Å²) < 4.78 is 2.67. The number of amides is 1. The fourth-order valence-electron chi connectivity index (χ4n) is 2.34. The van der Waals surface area contributed by atoms with Gasteiger partial charge in [-0.1, -0.05) is 16.8 Å². The van der Waals surface area contributed by atoms with Gasteiger partial charge in [0.1, 0.15) is 0 Å². The Morgan fingerprint density at radius 1 is 1.50 bits per heavy atom. The molecular formula is C15H14N7O4+. The highest BCUT2D eigenvalue weighted by molar-refractivity contribution is 5.83. The summed E-state index contributed by atoms with van der Waals surface area (Å²) in [4.78, 5) is 34.2. The Morgan fingerprint density at radius 3 is 3.08 bits per heavy atom. The van der Waals surface area contributed by atoms with Crippen LogP contribution in [0.4, 0.5) is 5.69 Å². The van der Waals surface area contributed by atoms with Gasteiger partial charge in [-0.2, -0.15) is 5.10 Å². The van der Waals surface area contributed by atoms with Gasteiger partial charge in [0.15, 0.2) is 6.54 Å². The van der Waals surface area contributed by atoms with Crippen molar-refractivity contribution in [3.8, 4) is 0 Å². The van der Waals surface area contributed by atoms with Gasteiger partial charge >= 0.3 is 5.65 Å². The van der Waals surface area contributed by atoms with Crippen molar-refractivity contribution in [2.24, 2.45) is 5.10 Å². The number of aromatic amines is 1. The third-order valence-electron chi connectivity index (χ3n) is 3.42. The lowest BCUT2D eigenvalue weighted by molar-refractivity contribution is -0.582. The number of rotatable bonds is 5. The molecule has 3 rings (SSSR count). The van der Waals surface area contributed by atoms with Gasteiger partial charge in [0, 0.05) is 34.6 Å². The molecule has 2 heterocycles. The van der Waals surface area contributed by atoms with Crippen LogP contribution >= 0.6 is 0 Å². The van der Waals surface area contributed by atoms with E-state index in [2.05, 4.69) is 20.7 Å². The fraction of sp³-hybridized carbons (Fsp3) is 0.133. The van der Waals surface area contributed by atoms with E-state index in [1.807, 2.05) is 0 Å². The number of aromatic nitrogens is 4. The smallest absolute Gasteiger partial charge is 0.282 e. The first-order valence-corrected chi connectivity index (χ1v) is 7.47. The van der Waals surface area contributed by atoms with Gasteiger partial charge < -0.3 is 0 Å². The monoisotopic (exact) mass is 356 g/mol. The normalized spacial score (nSPS) is 11.1. The molecule has 2 N–H and O–H groups in total.